The predicted molar refractivity (Wildman–Crippen MR) is 89.2 cm³/mol. The molecule has 4 N–H and O–H groups in total. The second-order valence-corrected chi connectivity index (χ2v) is 5.57. The standard InChI is InChI=1S/C16H17N7O2/c1-24-11-6-4-10(5-7-11)9-13-19-15(17)22-16(20-13)21-14(23(22)18)12-3-2-8-25-12/h2-8,14H,9,18H2,1H3,(H2,17,19,20,21). The normalized spacial score (nSPS) is 15.8. The average Bonchev–Trinajstić information content (AvgIpc) is 3.24. The lowest BCUT2D eigenvalue weighted by atomic mass is 10.1. The average molecular weight is 339 g/mol. The Morgan fingerprint density at radius 3 is 2.76 bits per heavy atom. The molecule has 1 aromatic carbocycles. The second-order valence-electron chi connectivity index (χ2n) is 5.57. The van der Waals surface area contributed by atoms with Gasteiger partial charge in [0.15, 0.2) is 6.17 Å². The van der Waals surface area contributed by atoms with Crippen molar-refractivity contribution in [1.82, 2.24) is 14.6 Å². The van der Waals surface area contributed by atoms with Crippen molar-refractivity contribution in [3.63, 3.8) is 0 Å². The molecule has 1 unspecified atom stereocenters. The van der Waals surface area contributed by atoms with Crippen LogP contribution in [0.4, 0.5) is 5.95 Å². The summed E-state index contributed by atoms with van der Waals surface area (Å²) in [5.74, 6) is 8.48. The summed E-state index contributed by atoms with van der Waals surface area (Å²) in [6.45, 7) is 0. The fraction of sp³-hybridized carbons (Fsp3) is 0.188. The van der Waals surface area contributed by atoms with Crippen molar-refractivity contribution in [1.29, 1.82) is 5.41 Å². The molecule has 1 atom stereocenters. The highest BCUT2D eigenvalue weighted by molar-refractivity contribution is 5.39. The number of nitrogens with two attached hydrogens (primary N) is 1. The highest BCUT2D eigenvalue weighted by Gasteiger charge is 2.31. The molecule has 1 aliphatic rings. The Hall–Kier alpha value is -3.33. The Kier molecular flexibility index (Phi) is 3.62. The third-order valence-electron chi connectivity index (χ3n) is 3.97. The fourth-order valence-corrected chi connectivity index (χ4v) is 2.73. The number of hydrogen-bond donors (Lipinski definition) is 3. The summed E-state index contributed by atoms with van der Waals surface area (Å²) in [5.41, 5.74) is 1.02. The molecule has 0 aliphatic carbocycles. The monoisotopic (exact) mass is 339 g/mol. The molecule has 0 saturated carbocycles. The minimum atomic E-state index is -0.440. The summed E-state index contributed by atoms with van der Waals surface area (Å²) in [6.07, 6.45) is 1.63. The number of nitrogens with zero attached hydrogens (tertiary/aromatic N) is 4. The molecule has 25 heavy (non-hydrogen) atoms. The highest BCUT2D eigenvalue weighted by atomic mass is 16.5. The highest BCUT2D eigenvalue weighted by Crippen LogP contribution is 2.25. The summed E-state index contributed by atoms with van der Waals surface area (Å²) < 4.78 is 12.0. The van der Waals surface area contributed by atoms with Gasteiger partial charge in [-0.25, -0.2) is 11.0 Å². The maximum Gasteiger partial charge on any atom is 0.247 e. The van der Waals surface area contributed by atoms with Crippen LogP contribution in [0.5, 0.6) is 5.75 Å². The van der Waals surface area contributed by atoms with Crippen LogP contribution >= 0.6 is 0 Å². The van der Waals surface area contributed by atoms with Crippen molar-refractivity contribution in [2.24, 2.45) is 5.84 Å². The van der Waals surface area contributed by atoms with Gasteiger partial charge in [-0.2, -0.15) is 14.6 Å². The van der Waals surface area contributed by atoms with Crippen LogP contribution in [0.3, 0.4) is 0 Å². The molecule has 9 nitrogen and oxygen atoms in total. The van der Waals surface area contributed by atoms with Gasteiger partial charge < -0.3 is 14.5 Å². The van der Waals surface area contributed by atoms with E-state index in [0.29, 0.717) is 24.0 Å². The number of aromatic nitrogens is 3. The number of ether oxygens (including phenoxy) is 1. The molecule has 2 aromatic heterocycles. The van der Waals surface area contributed by atoms with E-state index in [4.69, 9.17) is 20.4 Å². The Balaban J connectivity index is 1.62. The predicted octanol–water partition coefficient (Wildman–Crippen LogP) is 0.886. The topological polar surface area (TPSA) is 118 Å². The largest absolute Gasteiger partial charge is 0.497 e. The zero-order valence-electron chi connectivity index (χ0n) is 13.5. The van der Waals surface area contributed by atoms with Crippen LogP contribution in [0.2, 0.25) is 0 Å². The molecule has 4 rings (SSSR count). The van der Waals surface area contributed by atoms with Gasteiger partial charge >= 0.3 is 0 Å². The van der Waals surface area contributed by atoms with Crippen LogP contribution in [0, 0.1) is 5.41 Å². The van der Waals surface area contributed by atoms with Gasteiger partial charge in [0.2, 0.25) is 11.6 Å². The van der Waals surface area contributed by atoms with E-state index in [0.717, 1.165) is 11.3 Å². The van der Waals surface area contributed by atoms with E-state index in [2.05, 4.69) is 15.3 Å². The van der Waals surface area contributed by atoms with E-state index in [1.807, 2.05) is 24.3 Å². The first kappa shape index (κ1) is 15.2. The lowest BCUT2D eigenvalue weighted by molar-refractivity contribution is 0.414. The SMILES string of the molecule is COc1ccc(Cc2nc3n(c(=N)n2)N(N)C(c2ccco2)N3)cc1. The van der Waals surface area contributed by atoms with Gasteiger partial charge in [0.25, 0.3) is 0 Å². The van der Waals surface area contributed by atoms with Crippen LogP contribution in [0.1, 0.15) is 23.3 Å². The summed E-state index contributed by atoms with van der Waals surface area (Å²) in [6, 6.07) is 11.2. The summed E-state index contributed by atoms with van der Waals surface area (Å²) in [4.78, 5) is 8.73. The van der Waals surface area contributed by atoms with Gasteiger partial charge in [0.05, 0.1) is 13.4 Å². The molecule has 0 spiro atoms. The van der Waals surface area contributed by atoms with Crippen molar-refractivity contribution in [2.75, 3.05) is 17.5 Å². The fourth-order valence-electron chi connectivity index (χ4n) is 2.73. The lowest BCUT2D eigenvalue weighted by Gasteiger charge is -2.18. The molecule has 0 bridgehead atoms. The maximum atomic E-state index is 8.17. The maximum absolute atomic E-state index is 8.17. The summed E-state index contributed by atoms with van der Waals surface area (Å²) in [5, 5.41) is 12.7. The first-order chi connectivity index (χ1) is 12.2. The van der Waals surface area contributed by atoms with E-state index in [1.165, 1.54) is 9.79 Å². The minimum Gasteiger partial charge on any atom is -0.497 e. The van der Waals surface area contributed by atoms with Gasteiger partial charge in [-0.15, -0.1) is 0 Å². The van der Waals surface area contributed by atoms with Crippen LogP contribution in [-0.4, -0.2) is 21.8 Å². The number of furan rings is 1. The van der Waals surface area contributed by atoms with Crippen molar-refractivity contribution in [2.45, 2.75) is 12.6 Å². The number of benzene rings is 1. The number of hydrazine groups is 1. The minimum absolute atomic E-state index is 0.00225. The molecule has 0 amide bonds. The van der Waals surface area contributed by atoms with Crippen LogP contribution in [-0.2, 0) is 6.42 Å². The van der Waals surface area contributed by atoms with Gasteiger partial charge in [-0.3, -0.25) is 5.41 Å². The molecule has 0 saturated heterocycles. The zero-order chi connectivity index (χ0) is 17.4. The molecule has 3 aromatic rings. The Bertz CT molecular complexity index is 934. The molecule has 0 fully saturated rings. The third kappa shape index (κ3) is 2.70. The Morgan fingerprint density at radius 1 is 1.28 bits per heavy atom. The molecule has 0 radical (unpaired) electrons. The van der Waals surface area contributed by atoms with Crippen molar-refractivity contribution < 1.29 is 9.15 Å². The van der Waals surface area contributed by atoms with E-state index < -0.39 is 6.17 Å². The van der Waals surface area contributed by atoms with Gasteiger partial charge in [0, 0.05) is 6.42 Å². The quantitative estimate of drug-likeness (QED) is 0.604. The number of methoxy groups -OCH3 is 1. The van der Waals surface area contributed by atoms with Crippen LogP contribution < -0.4 is 26.6 Å². The third-order valence-corrected chi connectivity index (χ3v) is 3.97. The van der Waals surface area contributed by atoms with E-state index in [-0.39, 0.29) is 5.62 Å². The van der Waals surface area contributed by atoms with Crippen LogP contribution in [0.25, 0.3) is 0 Å². The number of rotatable bonds is 4. The lowest BCUT2D eigenvalue weighted by Crippen LogP contribution is -2.47. The van der Waals surface area contributed by atoms with Crippen LogP contribution in [0.15, 0.2) is 47.1 Å². The van der Waals surface area contributed by atoms with Crippen molar-refractivity contribution >= 4 is 5.95 Å². The van der Waals surface area contributed by atoms with Gasteiger partial charge in [-0.1, -0.05) is 12.1 Å². The first-order valence-electron chi connectivity index (χ1n) is 7.67. The molecule has 1 aliphatic heterocycles. The molecular formula is C16H17N7O2. The molecular weight excluding hydrogens is 322 g/mol. The molecule has 128 valence electrons. The van der Waals surface area contributed by atoms with Crippen molar-refractivity contribution in [3.05, 3.63) is 65.4 Å². The second kappa shape index (κ2) is 5.95. The number of nitrogens with one attached hydrogen (secondary N) is 2. The number of fused-ring (bicyclic) bond motifs is 1. The zero-order valence-corrected chi connectivity index (χ0v) is 13.5. The Labute approximate surface area is 143 Å². The summed E-state index contributed by atoms with van der Waals surface area (Å²) in [7, 11) is 1.63. The van der Waals surface area contributed by atoms with Gasteiger partial charge in [-0.05, 0) is 29.8 Å². The van der Waals surface area contributed by atoms with E-state index in [1.54, 1.807) is 25.5 Å². The summed E-state index contributed by atoms with van der Waals surface area (Å²) >= 11 is 0. The molecule has 9 heteroatoms. The smallest absolute Gasteiger partial charge is 0.247 e. The molecule has 3 heterocycles. The van der Waals surface area contributed by atoms with E-state index >= 15 is 0 Å². The van der Waals surface area contributed by atoms with Gasteiger partial charge in [0.1, 0.15) is 17.3 Å². The first-order valence-corrected chi connectivity index (χ1v) is 7.67. The number of anilines is 1. The Morgan fingerprint density at radius 2 is 2.08 bits per heavy atom. The number of hydrogen-bond acceptors (Lipinski definition) is 8. The van der Waals surface area contributed by atoms with E-state index in [9.17, 15) is 0 Å². The van der Waals surface area contributed by atoms with Crippen molar-refractivity contribution in [3.8, 4) is 5.75 Å².